The van der Waals surface area contributed by atoms with Crippen LogP contribution in [0.3, 0.4) is 0 Å². The first-order chi connectivity index (χ1) is 8.59. The molecule has 1 saturated heterocycles. The highest BCUT2D eigenvalue weighted by atomic mass is 32.2. The zero-order valence-corrected chi connectivity index (χ0v) is 11.2. The molecule has 0 aromatic heterocycles. The van der Waals surface area contributed by atoms with Gasteiger partial charge in [-0.1, -0.05) is 18.2 Å². The minimum atomic E-state index is -3.03. The van der Waals surface area contributed by atoms with E-state index in [1.165, 1.54) is 0 Å². The standard InChI is InChI=1S/C13H19NO3S/c14-13-4-2-1-3-11(13)7-10-18(15,16)12-5-8-17-9-6-12/h1-4,12H,5-10,14H2. The first kappa shape index (κ1) is 13.4. The lowest BCUT2D eigenvalue weighted by Crippen LogP contribution is -2.31. The third-order valence-electron chi connectivity index (χ3n) is 3.39. The zero-order valence-electron chi connectivity index (χ0n) is 10.3. The molecule has 1 aromatic carbocycles. The maximum atomic E-state index is 12.2. The van der Waals surface area contributed by atoms with Gasteiger partial charge in [0.1, 0.15) is 0 Å². The maximum Gasteiger partial charge on any atom is 0.153 e. The number of hydrogen-bond donors (Lipinski definition) is 1. The van der Waals surface area contributed by atoms with Crippen molar-refractivity contribution < 1.29 is 13.2 Å². The minimum absolute atomic E-state index is 0.173. The van der Waals surface area contributed by atoms with Gasteiger partial charge in [0.05, 0.1) is 11.0 Å². The first-order valence-corrected chi connectivity index (χ1v) is 7.94. The summed E-state index contributed by atoms with van der Waals surface area (Å²) in [5.41, 5.74) is 7.39. The van der Waals surface area contributed by atoms with Crippen LogP contribution in [-0.4, -0.2) is 32.6 Å². The van der Waals surface area contributed by atoms with Gasteiger partial charge in [-0.2, -0.15) is 0 Å². The summed E-state index contributed by atoms with van der Waals surface area (Å²) in [6, 6.07) is 7.42. The molecule has 2 N–H and O–H groups in total. The van der Waals surface area contributed by atoms with Crippen LogP contribution in [0.15, 0.2) is 24.3 Å². The molecule has 0 spiro atoms. The van der Waals surface area contributed by atoms with E-state index in [-0.39, 0.29) is 11.0 Å². The van der Waals surface area contributed by atoms with Crippen molar-refractivity contribution in [3.05, 3.63) is 29.8 Å². The fourth-order valence-electron chi connectivity index (χ4n) is 2.22. The molecule has 1 aliphatic rings. The number of benzene rings is 1. The van der Waals surface area contributed by atoms with Gasteiger partial charge in [0.15, 0.2) is 9.84 Å². The fraction of sp³-hybridized carbons (Fsp3) is 0.538. The van der Waals surface area contributed by atoms with E-state index in [1.807, 2.05) is 18.2 Å². The SMILES string of the molecule is Nc1ccccc1CCS(=O)(=O)C1CCOCC1. The van der Waals surface area contributed by atoms with E-state index < -0.39 is 9.84 Å². The minimum Gasteiger partial charge on any atom is -0.399 e. The average molecular weight is 269 g/mol. The summed E-state index contributed by atoms with van der Waals surface area (Å²) in [5, 5.41) is -0.240. The van der Waals surface area contributed by atoms with Gasteiger partial charge in [-0.25, -0.2) is 8.42 Å². The molecule has 0 unspecified atom stereocenters. The third-order valence-corrected chi connectivity index (χ3v) is 5.65. The molecule has 0 bridgehead atoms. The second-order valence-electron chi connectivity index (χ2n) is 4.63. The van der Waals surface area contributed by atoms with Crippen molar-refractivity contribution in [3.63, 3.8) is 0 Å². The highest BCUT2D eigenvalue weighted by Crippen LogP contribution is 2.19. The molecule has 0 aliphatic carbocycles. The first-order valence-electron chi connectivity index (χ1n) is 6.22. The lowest BCUT2D eigenvalue weighted by Gasteiger charge is -2.22. The Morgan fingerprint density at radius 1 is 1.22 bits per heavy atom. The van der Waals surface area contributed by atoms with Crippen LogP contribution in [-0.2, 0) is 21.0 Å². The molecule has 1 aliphatic heterocycles. The largest absolute Gasteiger partial charge is 0.399 e. The van der Waals surface area contributed by atoms with Crippen molar-refractivity contribution in [2.75, 3.05) is 24.7 Å². The van der Waals surface area contributed by atoms with Crippen molar-refractivity contribution in [2.24, 2.45) is 0 Å². The highest BCUT2D eigenvalue weighted by Gasteiger charge is 2.27. The number of nitrogens with two attached hydrogens (primary N) is 1. The summed E-state index contributed by atoms with van der Waals surface area (Å²) in [7, 11) is -3.03. The van der Waals surface area contributed by atoms with Crippen LogP contribution >= 0.6 is 0 Å². The van der Waals surface area contributed by atoms with E-state index in [4.69, 9.17) is 10.5 Å². The van der Waals surface area contributed by atoms with Crippen molar-refractivity contribution in [1.29, 1.82) is 0 Å². The lowest BCUT2D eigenvalue weighted by molar-refractivity contribution is 0.0983. The predicted octanol–water partition coefficient (Wildman–Crippen LogP) is 1.41. The van der Waals surface area contributed by atoms with Crippen LogP contribution in [0.5, 0.6) is 0 Å². The van der Waals surface area contributed by atoms with Gasteiger partial charge in [0, 0.05) is 18.9 Å². The molecule has 1 heterocycles. The topological polar surface area (TPSA) is 69.4 Å². The Morgan fingerprint density at radius 3 is 2.56 bits per heavy atom. The Labute approximate surface area is 108 Å². The molecule has 0 atom stereocenters. The maximum absolute atomic E-state index is 12.2. The smallest absolute Gasteiger partial charge is 0.153 e. The lowest BCUT2D eigenvalue weighted by atomic mass is 10.1. The van der Waals surface area contributed by atoms with Crippen LogP contribution in [0.4, 0.5) is 5.69 Å². The highest BCUT2D eigenvalue weighted by molar-refractivity contribution is 7.92. The van der Waals surface area contributed by atoms with Crippen LogP contribution in [0.1, 0.15) is 18.4 Å². The summed E-state index contributed by atoms with van der Waals surface area (Å²) in [4.78, 5) is 0. The third kappa shape index (κ3) is 3.23. The van der Waals surface area contributed by atoms with Gasteiger partial charge in [0.2, 0.25) is 0 Å². The van der Waals surface area contributed by atoms with E-state index >= 15 is 0 Å². The molecule has 5 heteroatoms. The summed E-state index contributed by atoms with van der Waals surface area (Å²) in [5.74, 6) is 0.173. The van der Waals surface area contributed by atoms with Crippen LogP contribution in [0.25, 0.3) is 0 Å². The van der Waals surface area contributed by atoms with Crippen molar-refractivity contribution >= 4 is 15.5 Å². The number of sulfone groups is 1. The Balaban J connectivity index is 1.98. The average Bonchev–Trinajstić information content (AvgIpc) is 2.39. The number of anilines is 1. The molecule has 4 nitrogen and oxygen atoms in total. The van der Waals surface area contributed by atoms with E-state index in [9.17, 15) is 8.42 Å². The monoisotopic (exact) mass is 269 g/mol. The molecule has 18 heavy (non-hydrogen) atoms. The Kier molecular flexibility index (Phi) is 4.24. The Morgan fingerprint density at radius 2 is 1.89 bits per heavy atom. The number of ether oxygens (including phenoxy) is 1. The molecule has 100 valence electrons. The van der Waals surface area contributed by atoms with E-state index in [0.29, 0.717) is 38.2 Å². The zero-order chi connectivity index (χ0) is 13.0. The summed E-state index contributed by atoms with van der Waals surface area (Å²) in [6.45, 7) is 1.11. The number of para-hydroxylation sites is 1. The van der Waals surface area contributed by atoms with Crippen LogP contribution < -0.4 is 5.73 Å². The van der Waals surface area contributed by atoms with E-state index in [2.05, 4.69) is 0 Å². The number of rotatable bonds is 4. The molecule has 2 rings (SSSR count). The Bertz CT molecular complexity index is 493. The molecule has 0 amide bonds. The molecule has 0 saturated carbocycles. The second kappa shape index (κ2) is 5.71. The molecule has 1 aromatic rings. The number of hydrogen-bond acceptors (Lipinski definition) is 4. The molecular formula is C13H19NO3S. The quantitative estimate of drug-likeness (QED) is 0.839. The van der Waals surface area contributed by atoms with Gasteiger partial charge in [-0.3, -0.25) is 0 Å². The summed E-state index contributed by atoms with van der Waals surface area (Å²) in [6.07, 6.45) is 1.73. The van der Waals surface area contributed by atoms with Gasteiger partial charge >= 0.3 is 0 Å². The number of nitrogen functional groups attached to an aromatic ring is 1. The van der Waals surface area contributed by atoms with Gasteiger partial charge in [0.25, 0.3) is 0 Å². The van der Waals surface area contributed by atoms with Crippen molar-refractivity contribution in [1.82, 2.24) is 0 Å². The van der Waals surface area contributed by atoms with Gasteiger partial charge in [-0.15, -0.1) is 0 Å². The summed E-state index contributed by atoms with van der Waals surface area (Å²) >= 11 is 0. The fourth-order valence-corrected chi connectivity index (χ4v) is 3.96. The van der Waals surface area contributed by atoms with E-state index in [1.54, 1.807) is 6.07 Å². The normalized spacial score (nSPS) is 17.8. The molecular weight excluding hydrogens is 250 g/mol. The van der Waals surface area contributed by atoms with Crippen molar-refractivity contribution in [3.8, 4) is 0 Å². The molecule has 1 fully saturated rings. The second-order valence-corrected chi connectivity index (χ2v) is 7.03. The van der Waals surface area contributed by atoms with Crippen LogP contribution in [0, 0.1) is 0 Å². The van der Waals surface area contributed by atoms with Gasteiger partial charge in [-0.05, 0) is 30.9 Å². The molecule has 0 radical (unpaired) electrons. The van der Waals surface area contributed by atoms with Crippen LogP contribution in [0.2, 0.25) is 0 Å². The predicted molar refractivity (Wildman–Crippen MR) is 72.2 cm³/mol. The van der Waals surface area contributed by atoms with E-state index in [0.717, 1.165) is 5.56 Å². The van der Waals surface area contributed by atoms with Crippen molar-refractivity contribution in [2.45, 2.75) is 24.5 Å². The Hall–Kier alpha value is -1.07. The summed E-state index contributed by atoms with van der Waals surface area (Å²) < 4.78 is 29.5. The van der Waals surface area contributed by atoms with Gasteiger partial charge < -0.3 is 10.5 Å². The number of aryl methyl sites for hydroxylation is 1.